The quantitative estimate of drug-likeness (QED) is 0.696. The molecule has 0 N–H and O–H groups in total. The van der Waals surface area contributed by atoms with Crippen LogP contribution in [0.15, 0.2) is 42.7 Å². The Bertz CT molecular complexity index is 861. The number of methoxy groups -OCH3 is 2. The molecule has 3 heterocycles. The first-order valence-corrected chi connectivity index (χ1v) is 10.2. The zero-order chi connectivity index (χ0) is 21.1. The third-order valence-electron chi connectivity index (χ3n) is 6.14. The summed E-state index contributed by atoms with van der Waals surface area (Å²) in [5.41, 5.74) is 1.09. The number of hydrogen-bond donors (Lipinski definition) is 0. The highest BCUT2D eigenvalue weighted by Gasteiger charge is 2.51. The number of likely N-dealkylation sites (tertiary alicyclic amines) is 2. The number of nitrogens with zero attached hydrogens (tertiary/aromatic N) is 3. The number of pyridine rings is 1. The molecule has 7 nitrogen and oxygen atoms in total. The third-order valence-corrected chi connectivity index (χ3v) is 6.14. The predicted molar refractivity (Wildman–Crippen MR) is 113 cm³/mol. The Morgan fingerprint density at radius 2 is 1.73 bits per heavy atom. The Balaban J connectivity index is 1.30. The molecule has 2 fully saturated rings. The lowest BCUT2D eigenvalue weighted by atomic mass is 9.77. The van der Waals surface area contributed by atoms with Crippen molar-refractivity contribution in [3.63, 3.8) is 0 Å². The molecule has 2 aromatic rings. The summed E-state index contributed by atoms with van der Waals surface area (Å²) >= 11 is 0. The van der Waals surface area contributed by atoms with E-state index in [1.54, 1.807) is 26.6 Å². The molecule has 1 spiro atoms. The van der Waals surface area contributed by atoms with E-state index in [0.29, 0.717) is 30.6 Å². The lowest BCUT2D eigenvalue weighted by Crippen LogP contribution is -2.59. The van der Waals surface area contributed by atoms with Crippen molar-refractivity contribution in [3.8, 4) is 17.2 Å². The maximum Gasteiger partial charge on any atom is 0.227 e. The number of aromatic nitrogens is 1. The average molecular weight is 412 g/mol. The van der Waals surface area contributed by atoms with Gasteiger partial charge < -0.3 is 19.1 Å². The maximum atomic E-state index is 12.8. The largest absolute Gasteiger partial charge is 0.497 e. The molecule has 2 saturated heterocycles. The van der Waals surface area contributed by atoms with Crippen LogP contribution < -0.4 is 14.2 Å². The fraction of sp³-hybridized carbons (Fsp3) is 0.478. The SMILES string of the molecule is COc1cc(CC(=O)N2CC3(CC(COc4ccncc4)N(C)C3)C2)cc(OC)c1. The van der Waals surface area contributed by atoms with Gasteiger partial charge in [-0.15, -0.1) is 0 Å². The van der Waals surface area contributed by atoms with Gasteiger partial charge >= 0.3 is 0 Å². The zero-order valence-electron chi connectivity index (χ0n) is 17.8. The van der Waals surface area contributed by atoms with Crippen LogP contribution in [0.3, 0.4) is 0 Å². The van der Waals surface area contributed by atoms with Crippen LogP contribution in [0.5, 0.6) is 17.2 Å². The van der Waals surface area contributed by atoms with Crippen LogP contribution in [0.25, 0.3) is 0 Å². The minimum absolute atomic E-state index is 0.148. The van der Waals surface area contributed by atoms with Crippen molar-refractivity contribution >= 4 is 5.91 Å². The second kappa shape index (κ2) is 8.52. The van der Waals surface area contributed by atoms with E-state index in [4.69, 9.17) is 14.2 Å². The first-order chi connectivity index (χ1) is 14.5. The Labute approximate surface area is 177 Å². The number of carbonyl (C=O) groups is 1. The van der Waals surface area contributed by atoms with Gasteiger partial charge in [-0.25, -0.2) is 0 Å². The van der Waals surface area contributed by atoms with Crippen molar-refractivity contribution in [3.05, 3.63) is 48.3 Å². The average Bonchev–Trinajstić information content (AvgIpc) is 3.08. The first-order valence-electron chi connectivity index (χ1n) is 10.2. The molecule has 1 aromatic heterocycles. The van der Waals surface area contributed by atoms with Crippen molar-refractivity contribution in [2.24, 2.45) is 5.41 Å². The van der Waals surface area contributed by atoms with Crippen LogP contribution in [-0.4, -0.2) is 74.2 Å². The summed E-state index contributed by atoms with van der Waals surface area (Å²) in [5, 5.41) is 0. The van der Waals surface area contributed by atoms with E-state index in [-0.39, 0.29) is 11.3 Å². The molecular formula is C23H29N3O4. The summed E-state index contributed by atoms with van der Waals surface area (Å²) in [5.74, 6) is 2.40. The minimum atomic E-state index is 0.148. The van der Waals surface area contributed by atoms with Crippen LogP contribution in [0.1, 0.15) is 12.0 Å². The summed E-state index contributed by atoms with van der Waals surface area (Å²) in [4.78, 5) is 21.1. The number of carbonyl (C=O) groups excluding carboxylic acids is 1. The molecule has 0 aliphatic carbocycles. The number of likely N-dealkylation sites (N-methyl/N-ethyl adjacent to an activating group) is 1. The zero-order valence-corrected chi connectivity index (χ0v) is 17.8. The lowest BCUT2D eigenvalue weighted by Gasteiger charge is -2.48. The number of ether oxygens (including phenoxy) is 3. The van der Waals surface area contributed by atoms with Crippen molar-refractivity contribution in [2.75, 3.05) is 47.5 Å². The smallest absolute Gasteiger partial charge is 0.227 e. The van der Waals surface area contributed by atoms with Gasteiger partial charge in [0, 0.05) is 49.6 Å². The lowest BCUT2D eigenvalue weighted by molar-refractivity contribution is -0.141. The van der Waals surface area contributed by atoms with E-state index in [1.807, 2.05) is 35.2 Å². The van der Waals surface area contributed by atoms with Gasteiger partial charge in [-0.2, -0.15) is 0 Å². The van der Waals surface area contributed by atoms with E-state index in [0.717, 1.165) is 37.4 Å². The molecule has 1 aromatic carbocycles. The molecular weight excluding hydrogens is 382 g/mol. The van der Waals surface area contributed by atoms with Crippen molar-refractivity contribution in [2.45, 2.75) is 18.9 Å². The van der Waals surface area contributed by atoms with Crippen molar-refractivity contribution in [1.29, 1.82) is 0 Å². The van der Waals surface area contributed by atoms with Crippen molar-refractivity contribution < 1.29 is 19.0 Å². The molecule has 30 heavy (non-hydrogen) atoms. The molecule has 2 aliphatic heterocycles. The standard InChI is InChI=1S/C23H29N3O4/c1-25-14-23(12-18(25)13-30-19-4-6-24-7-5-19)15-26(16-23)22(27)10-17-8-20(28-2)11-21(9-17)29-3/h4-9,11,18H,10,12-16H2,1-3H3. The van der Waals surface area contributed by atoms with E-state index in [9.17, 15) is 4.79 Å². The van der Waals surface area contributed by atoms with Crippen LogP contribution in [0.2, 0.25) is 0 Å². The van der Waals surface area contributed by atoms with Gasteiger partial charge in [-0.05, 0) is 43.3 Å². The molecule has 0 radical (unpaired) electrons. The van der Waals surface area contributed by atoms with Crippen LogP contribution in [-0.2, 0) is 11.2 Å². The topological polar surface area (TPSA) is 64.1 Å². The predicted octanol–water partition coefficient (Wildman–Crippen LogP) is 2.25. The second-order valence-corrected chi connectivity index (χ2v) is 8.41. The number of benzene rings is 1. The molecule has 160 valence electrons. The maximum absolute atomic E-state index is 12.8. The van der Waals surface area contributed by atoms with E-state index in [2.05, 4.69) is 16.9 Å². The van der Waals surface area contributed by atoms with Gasteiger partial charge in [0.1, 0.15) is 23.9 Å². The van der Waals surface area contributed by atoms with Gasteiger partial charge in [-0.3, -0.25) is 14.7 Å². The summed E-state index contributed by atoms with van der Waals surface area (Å²) in [6, 6.07) is 9.72. The van der Waals surface area contributed by atoms with Gasteiger partial charge in [0.15, 0.2) is 0 Å². The van der Waals surface area contributed by atoms with Gasteiger partial charge in [0.05, 0.1) is 20.6 Å². The Morgan fingerprint density at radius 3 is 2.37 bits per heavy atom. The monoisotopic (exact) mass is 411 g/mol. The minimum Gasteiger partial charge on any atom is -0.497 e. The fourth-order valence-electron chi connectivity index (χ4n) is 4.62. The number of rotatable bonds is 7. The number of hydrogen-bond acceptors (Lipinski definition) is 6. The number of amides is 1. The fourth-order valence-corrected chi connectivity index (χ4v) is 4.62. The normalized spacial score (nSPS) is 20.1. The van der Waals surface area contributed by atoms with Crippen LogP contribution in [0, 0.1) is 5.41 Å². The summed E-state index contributed by atoms with van der Waals surface area (Å²) in [6.07, 6.45) is 4.88. The Kier molecular flexibility index (Phi) is 5.81. The molecule has 4 rings (SSSR count). The second-order valence-electron chi connectivity index (χ2n) is 8.41. The summed E-state index contributed by atoms with van der Waals surface area (Å²) in [7, 11) is 5.37. The molecule has 1 amide bonds. The molecule has 1 atom stereocenters. The highest BCUT2D eigenvalue weighted by Crippen LogP contribution is 2.42. The molecule has 2 aliphatic rings. The van der Waals surface area contributed by atoms with Gasteiger partial charge in [0.2, 0.25) is 5.91 Å². The van der Waals surface area contributed by atoms with Crippen LogP contribution >= 0.6 is 0 Å². The first kappa shape index (κ1) is 20.5. The third kappa shape index (κ3) is 4.36. The van der Waals surface area contributed by atoms with E-state index < -0.39 is 0 Å². The highest BCUT2D eigenvalue weighted by atomic mass is 16.5. The molecule has 0 bridgehead atoms. The van der Waals surface area contributed by atoms with E-state index in [1.165, 1.54) is 0 Å². The molecule has 1 unspecified atom stereocenters. The van der Waals surface area contributed by atoms with E-state index >= 15 is 0 Å². The molecule has 0 saturated carbocycles. The van der Waals surface area contributed by atoms with Gasteiger partial charge in [-0.1, -0.05) is 0 Å². The van der Waals surface area contributed by atoms with Crippen molar-refractivity contribution in [1.82, 2.24) is 14.8 Å². The Hall–Kier alpha value is -2.80. The summed E-state index contributed by atoms with van der Waals surface area (Å²) in [6.45, 7) is 3.26. The molecule has 7 heteroatoms. The Morgan fingerprint density at radius 1 is 1.07 bits per heavy atom. The highest BCUT2D eigenvalue weighted by molar-refractivity contribution is 5.80. The van der Waals surface area contributed by atoms with Gasteiger partial charge in [0.25, 0.3) is 0 Å². The summed E-state index contributed by atoms with van der Waals surface area (Å²) < 4.78 is 16.6. The van der Waals surface area contributed by atoms with Crippen LogP contribution in [0.4, 0.5) is 0 Å².